The molecule has 7 nitrogen and oxygen atoms in total. The third kappa shape index (κ3) is 2.35. The van der Waals surface area contributed by atoms with E-state index in [0.717, 1.165) is 12.8 Å². The summed E-state index contributed by atoms with van der Waals surface area (Å²) in [6.07, 6.45) is 3.94. The van der Waals surface area contributed by atoms with E-state index in [-0.39, 0.29) is 23.7 Å². The smallest absolute Gasteiger partial charge is 0.350 e. The molecule has 0 radical (unpaired) electrons. The number of aromatic nitrogens is 3. The average Bonchev–Trinajstić information content (AvgIpc) is 3.36. The molecule has 1 saturated heterocycles. The van der Waals surface area contributed by atoms with Crippen LogP contribution in [0.3, 0.4) is 0 Å². The molecule has 1 unspecified atom stereocenters. The Balaban J connectivity index is 1.61. The lowest BCUT2D eigenvalue weighted by Gasteiger charge is -2.45. The number of ether oxygens (including phenoxy) is 1. The summed E-state index contributed by atoms with van der Waals surface area (Å²) in [4.78, 5) is 27.0. The average molecular weight is 316 g/mol. The molecule has 0 aromatic carbocycles. The Bertz CT molecular complexity index is 807. The molecule has 1 amide bonds. The lowest BCUT2D eigenvalue weighted by molar-refractivity contribution is -0.150. The van der Waals surface area contributed by atoms with Crippen LogP contribution in [0.5, 0.6) is 0 Å². The van der Waals surface area contributed by atoms with Gasteiger partial charge in [-0.15, -0.1) is 5.10 Å². The minimum absolute atomic E-state index is 0.0250. The highest BCUT2D eigenvalue weighted by Crippen LogP contribution is 2.44. The highest BCUT2D eigenvalue weighted by Gasteiger charge is 2.49. The first-order valence-corrected chi connectivity index (χ1v) is 8.02. The van der Waals surface area contributed by atoms with E-state index >= 15 is 0 Å². The highest BCUT2D eigenvalue weighted by molar-refractivity contribution is 5.77. The molecule has 3 heterocycles. The van der Waals surface area contributed by atoms with Crippen molar-refractivity contribution in [3.8, 4) is 0 Å². The number of pyridine rings is 1. The standard InChI is InChI=1S/C16H20N4O3/c1-16(12-5-6-12)11-23-9-8-19(16)14(21)10-20-15(22)18-7-3-2-4-13(18)17-20/h2-4,7,12H,5-6,8-11H2,1H3. The van der Waals surface area contributed by atoms with E-state index in [1.165, 1.54) is 9.08 Å². The van der Waals surface area contributed by atoms with Gasteiger partial charge >= 0.3 is 5.69 Å². The normalized spacial score (nSPS) is 25.0. The van der Waals surface area contributed by atoms with Gasteiger partial charge in [0.15, 0.2) is 5.65 Å². The van der Waals surface area contributed by atoms with Crippen LogP contribution in [0.2, 0.25) is 0 Å². The molecule has 1 atom stereocenters. The van der Waals surface area contributed by atoms with Crippen LogP contribution in [0.1, 0.15) is 19.8 Å². The number of hydrogen-bond donors (Lipinski definition) is 0. The van der Waals surface area contributed by atoms with Crippen LogP contribution in [0.15, 0.2) is 29.2 Å². The van der Waals surface area contributed by atoms with Crippen molar-refractivity contribution in [3.63, 3.8) is 0 Å². The van der Waals surface area contributed by atoms with Gasteiger partial charge in [0.1, 0.15) is 6.54 Å². The van der Waals surface area contributed by atoms with Gasteiger partial charge in [0.05, 0.1) is 18.8 Å². The van der Waals surface area contributed by atoms with Gasteiger partial charge in [0.2, 0.25) is 5.91 Å². The summed E-state index contributed by atoms with van der Waals surface area (Å²) in [5.74, 6) is 0.442. The van der Waals surface area contributed by atoms with E-state index in [4.69, 9.17) is 4.74 Å². The Morgan fingerprint density at radius 1 is 1.43 bits per heavy atom. The summed E-state index contributed by atoms with van der Waals surface area (Å²) in [6.45, 7) is 3.77. The molecular formula is C16H20N4O3. The first-order chi connectivity index (χ1) is 11.1. The zero-order valence-corrected chi connectivity index (χ0v) is 13.1. The van der Waals surface area contributed by atoms with Crippen molar-refractivity contribution in [2.24, 2.45) is 5.92 Å². The van der Waals surface area contributed by atoms with Crippen molar-refractivity contribution in [3.05, 3.63) is 34.9 Å². The van der Waals surface area contributed by atoms with Crippen LogP contribution >= 0.6 is 0 Å². The van der Waals surface area contributed by atoms with E-state index in [1.807, 2.05) is 11.0 Å². The van der Waals surface area contributed by atoms with Crippen LogP contribution in [0.4, 0.5) is 0 Å². The zero-order valence-electron chi connectivity index (χ0n) is 13.1. The van der Waals surface area contributed by atoms with Crippen molar-refractivity contribution in [1.82, 2.24) is 19.1 Å². The second-order valence-corrected chi connectivity index (χ2v) is 6.60. The molecule has 2 fully saturated rings. The van der Waals surface area contributed by atoms with Crippen molar-refractivity contribution >= 4 is 11.6 Å². The zero-order chi connectivity index (χ0) is 16.0. The number of amides is 1. The molecule has 1 aliphatic heterocycles. The van der Waals surface area contributed by atoms with Gasteiger partial charge < -0.3 is 9.64 Å². The number of nitrogens with zero attached hydrogens (tertiary/aromatic N) is 4. The van der Waals surface area contributed by atoms with Crippen LogP contribution in [-0.2, 0) is 16.1 Å². The fourth-order valence-electron chi connectivity index (χ4n) is 3.51. The summed E-state index contributed by atoms with van der Waals surface area (Å²) in [7, 11) is 0. The quantitative estimate of drug-likeness (QED) is 0.828. The summed E-state index contributed by atoms with van der Waals surface area (Å²) in [6, 6.07) is 5.35. The predicted octanol–water partition coefficient (Wildman–Crippen LogP) is 0.523. The van der Waals surface area contributed by atoms with Gasteiger partial charge in [0, 0.05) is 12.7 Å². The molecule has 23 heavy (non-hydrogen) atoms. The van der Waals surface area contributed by atoms with Gasteiger partial charge in [-0.1, -0.05) is 6.07 Å². The topological polar surface area (TPSA) is 68.8 Å². The van der Waals surface area contributed by atoms with Gasteiger partial charge in [-0.25, -0.2) is 9.48 Å². The van der Waals surface area contributed by atoms with E-state index in [1.54, 1.807) is 18.3 Å². The molecule has 1 aliphatic carbocycles. The largest absolute Gasteiger partial charge is 0.377 e. The number of rotatable bonds is 3. The summed E-state index contributed by atoms with van der Waals surface area (Å²) in [5, 5.41) is 4.24. The number of carbonyl (C=O) groups excluding carboxylic acids is 1. The van der Waals surface area contributed by atoms with Gasteiger partial charge in [0.25, 0.3) is 0 Å². The number of hydrogen-bond acceptors (Lipinski definition) is 4. The molecule has 0 bridgehead atoms. The fourth-order valence-corrected chi connectivity index (χ4v) is 3.51. The van der Waals surface area contributed by atoms with Crippen molar-refractivity contribution in [2.75, 3.05) is 19.8 Å². The number of fused-ring (bicyclic) bond motifs is 1. The monoisotopic (exact) mass is 316 g/mol. The Hall–Kier alpha value is -2.15. The Morgan fingerprint density at radius 2 is 2.26 bits per heavy atom. The Morgan fingerprint density at radius 3 is 3.00 bits per heavy atom. The van der Waals surface area contributed by atoms with Gasteiger partial charge in [-0.2, -0.15) is 0 Å². The van der Waals surface area contributed by atoms with E-state index in [2.05, 4.69) is 12.0 Å². The van der Waals surface area contributed by atoms with Crippen LogP contribution in [-0.4, -0.2) is 50.3 Å². The molecule has 0 N–H and O–H groups in total. The third-order valence-corrected chi connectivity index (χ3v) is 5.00. The second kappa shape index (κ2) is 5.19. The highest BCUT2D eigenvalue weighted by atomic mass is 16.5. The minimum atomic E-state index is -0.282. The maximum absolute atomic E-state index is 12.8. The van der Waals surface area contributed by atoms with Crippen LogP contribution in [0, 0.1) is 5.92 Å². The summed E-state index contributed by atoms with van der Waals surface area (Å²) < 4.78 is 8.31. The number of morpholine rings is 1. The Labute approximate surface area is 133 Å². The van der Waals surface area contributed by atoms with E-state index in [9.17, 15) is 9.59 Å². The predicted molar refractivity (Wildman–Crippen MR) is 83.1 cm³/mol. The molecule has 2 aromatic rings. The number of carbonyl (C=O) groups is 1. The molecule has 1 saturated carbocycles. The summed E-state index contributed by atoms with van der Waals surface area (Å²) in [5.41, 5.74) is 0.0190. The molecule has 0 spiro atoms. The van der Waals surface area contributed by atoms with Crippen molar-refractivity contribution < 1.29 is 9.53 Å². The SMILES string of the molecule is CC1(C2CC2)COCCN1C(=O)Cn1nc2ccccn2c1=O. The first kappa shape index (κ1) is 14.4. The van der Waals surface area contributed by atoms with Crippen LogP contribution < -0.4 is 5.69 Å². The molecule has 2 aromatic heterocycles. The lowest BCUT2D eigenvalue weighted by Crippen LogP contribution is -2.59. The molecule has 7 heteroatoms. The van der Waals surface area contributed by atoms with Gasteiger partial charge in [-0.05, 0) is 37.8 Å². The fraction of sp³-hybridized carbons (Fsp3) is 0.562. The van der Waals surface area contributed by atoms with Crippen molar-refractivity contribution in [2.45, 2.75) is 31.8 Å². The lowest BCUT2D eigenvalue weighted by atomic mass is 9.93. The first-order valence-electron chi connectivity index (χ1n) is 8.02. The van der Waals surface area contributed by atoms with Gasteiger partial charge in [-0.3, -0.25) is 9.20 Å². The molecule has 122 valence electrons. The minimum Gasteiger partial charge on any atom is -0.377 e. The maximum Gasteiger partial charge on any atom is 0.350 e. The molecular weight excluding hydrogens is 296 g/mol. The maximum atomic E-state index is 12.8. The third-order valence-electron chi connectivity index (χ3n) is 5.00. The van der Waals surface area contributed by atoms with E-state index < -0.39 is 0 Å². The molecule has 2 aliphatic rings. The molecule has 4 rings (SSSR count). The summed E-state index contributed by atoms with van der Waals surface area (Å²) >= 11 is 0. The second-order valence-electron chi connectivity index (χ2n) is 6.60. The Kier molecular flexibility index (Phi) is 3.26. The van der Waals surface area contributed by atoms with Crippen molar-refractivity contribution in [1.29, 1.82) is 0 Å². The van der Waals surface area contributed by atoms with E-state index in [0.29, 0.717) is 31.3 Å². The van der Waals surface area contributed by atoms with Crippen LogP contribution in [0.25, 0.3) is 5.65 Å².